The Hall–Kier alpha value is -2.11. The highest BCUT2D eigenvalue weighted by molar-refractivity contribution is 5.71. The van der Waals surface area contributed by atoms with Crippen LogP contribution in [0.2, 0.25) is 0 Å². The Morgan fingerprint density at radius 1 is 0.357 bits per heavy atom. The monoisotopic (exact) mass is 789 g/mol. The number of carbonyl (C=O) groups is 3. The van der Waals surface area contributed by atoms with Gasteiger partial charge in [-0.05, 0) is 51.4 Å². The molecule has 0 saturated heterocycles. The van der Waals surface area contributed by atoms with E-state index in [0.29, 0.717) is 19.3 Å². The Bertz CT molecular complexity index is 911. The van der Waals surface area contributed by atoms with E-state index in [1.54, 1.807) is 0 Å². The van der Waals surface area contributed by atoms with Gasteiger partial charge in [0, 0.05) is 19.3 Å². The first-order valence-corrected chi connectivity index (χ1v) is 24.3. The average Bonchev–Trinajstić information content (AvgIpc) is 3.19. The number of hydrogen-bond donors (Lipinski definition) is 0. The van der Waals surface area contributed by atoms with Gasteiger partial charge in [-0.3, -0.25) is 14.4 Å². The van der Waals surface area contributed by atoms with E-state index >= 15 is 0 Å². The predicted octanol–water partition coefficient (Wildman–Crippen LogP) is 15.6. The minimum Gasteiger partial charge on any atom is -0.462 e. The van der Waals surface area contributed by atoms with Crippen molar-refractivity contribution in [2.45, 2.75) is 264 Å². The molecule has 0 rings (SSSR count). The van der Waals surface area contributed by atoms with Crippen molar-refractivity contribution in [3.8, 4) is 0 Å². The SMILES string of the molecule is CCCCC/C=C\C/C=C\CCCCCCCCCC(=O)OCC(COC(=O)CCCCCCCCC)OC(=O)CCCCCCCCCCCCCCCC. The number of allylic oxidation sites excluding steroid dienone is 4. The molecule has 0 fully saturated rings. The Balaban J connectivity index is 4.26. The first-order chi connectivity index (χ1) is 27.5. The Kier molecular flexibility index (Phi) is 43.9. The zero-order chi connectivity index (χ0) is 40.8. The van der Waals surface area contributed by atoms with E-state index in [1.165, 1.54) is 148 Å². The van der Waals surface area contributed by atoms with Crippen molar-refractivity contribution in [2.24, 2.45) is 0 Å². The molecule has 0 aromatic heterocycles. The number of unbranched alkanes of at least 4 members (excludes halogenated alkanes) is 29. The van der Waals surface area contributed by atoms with Crippen molar-refractivity contribution < 1.29 is 28.6 Å². The fourth-order valence-electron chi connectivity index (χ4n) is 7.00. The lowest BCUT2D eigenvalue weighted by molar-refractivity contribution is -0.167. The lowest BCUT2D eigenvalue weighted by Gasteiger charge is -2.18. The van der Waals surface area contributed by atoms with Crippen LogP contribution in [-0.4, -0.2) is 37.2 Å². The van der Waals surface area contributed by atoms with E-state index in [2.05, 4.69) is 45.1 Å². The summed E-state index contributed by atoms with van der Waals surface area (Å²) in [6.45, 7) is 6.58. The summed E-state index contributed by atoms with van der Waals surface area (Å²) in [5.41, 5.74) is 0. The lowest BCUT2D eigenvalue weighted by atomic mass is 10.0. The van der Waals surface area contributed by atoms with E-state index in [1.807, 2.05) is 0 Å². The summed E-state index contributed by atoms with van der Waals surface area (Å²) >= 11 is 0. The Labute approximate surface area is 347 Å². The Morgan fingerprint density at radius 2 is 0.643 bits per heavy atom. The zero-order valence-corrected chi connectivity index (χ0v) is 37.4. The van der Waals surface area contributed by atoms with Crippen LogP contribution in [0.5, 0.6) is 0 Å². The van der Waals surface area contributed by atoms with Crippen LogP contribution in [0.25, 0.3) is 0 Å². The third kappa shape index (κ3) is 43.0. The Morgan fingerprint density at radius 3 is 1.02 bits per heavy atom. The molecule has 6 nitrogen and oxygen atoms in total. The summed E-state index contributed by atoms with van der Waals surface area (Å²) in [5, 5.41) is 0. The molecule has 0 aromatic rings. The van der Waals surface area contributed by atoms with Crippen LogP contribution in [-0.2, 0) is 28.6 Å². The molecule has 0 N–H and O–H groups in total. The minimum atomic E-state index is -0.766. The topological polar surface area (TPSA) is 78.9 Å². The van der Waals surface area contributed by atoms with E-state index in [4.69, 9.17) is 14.2 Å². The maximum atomic E-state index is 12.7. The number of ether oxygens (including phenoxy) is 3. The van der Waals surface area contributed by atoms with Crippen LogP contribution in [0.1, 0.15) is 258 Å². The van der Waals surface area contributed by atoms with Crippen LogP contribution in [0.15, 0.2) is 24.3 Å². The second kappa shape index (κ2) is 45.6. The van der Waals surface area contributed by atoms with Crippen molar-refractivity contribution in [1.29, 1.82) is 0 Å². The van der Waals surface area contributed by atoms with Gasteiger partial charge >= 0.3 is 17.9 Å². The molecule has 0 aliphatic rings. The molecule has 6 heteroatoms. The summed E-state index contributed by atoms with van der Waals surface area (Å²) in [4.78, 5) is 37.7. The van der Waals surface area contributed by atoms with Gasteiger partial charge in [0.15, 0.2) is 6.10 Å². The highest BCUT2D eigenvalue weighted by Crippen LogP contribution is 2.15. The molecule has 0 aliphatic heterocycles. The lowest BCUT2D eigenvalue weighted by Crippen LogP contribution is -2.30. The second-order valence-electron chi connectivity index (χ2n) is 16.4. The quantitative estimate of drug-likeness (QED) is 0.0265. The third-order valence-corrected chi connectivity index (χ3v) is 10.7. The van der Waals surface area contributed by atoms with Gasteiger partial charge in [0.05, 0.1) is 0 Å². The fourth-order valence-corrected chi connectivity index (χ4v) is 7.00. The van der Waals surface area contributed by atoms with Gasteiger partial charge in [-0.25, -0.2) is 0 Å². The van der Waals surface area contributed by atoms with Gasteiger partial charge in [-0.15, -0.1) is 0 Å². The van der Waals surface area contributed by atoms with Crippen LogP contribution < -0.4 is 0 Å². The molecule has 0 aliphatic carbocycles. The van der Waals surface area contributed by atoms with Crippen molar-refractivity contribution in [1.82, 2.24) is 0 Å². The van der Waals surface area contributed by atoms with E-state index < -0.39 is 6.10 Å². The van der Waals surface area contributed by atoms with Gasteiger partial charge in [0.25, 0.3) is 0 Å². The van der Waals surface area contributed by atoms with Gasteiger partial charge in [-0.2, -0.15) is 0 Å². The second-order valence-corrected chi connectivity index (χ2v) is 16.4. The fraction of sp³-hybridized carbons (Fsp3) is 0.860. The van der Waals surface area contributed by atoms with Gasteiger partial charge in [-0.1, -0.05) is 212 Å². The van der Waals surface area contributed by atoms with Gasteiger partial charge in [0.2, 0.25) is 0 Å². The number of carbonyl (C=O) groups excluding carboxylic acids is 3. The van der Waals surface area contributed by atoms with Crippen LogP contribution in [0.4, 0.5) is 0 Å². The molecule has 0 amide bonds. The van der Waals surface area contributed by atoms with Crippen molar-refractivity contribution in [3.63, 3.8) is 0 Å². The molecule has 328 valence electrons. The molecule has 1 atom stereocenters. The molecule has 1 unspecified atom stereocenters. The smallest absolute Gasteiger partial charge is 0.306 e. The molecule has 0 spiro atoms. The largest absolute Gasteiger partial charge is 0.462 e. The number of rotatable bonds is 44. The maximum Gasteiger partial charge on any atom is 0.306 e. The molecule has 56 heavy (non-hydrogen) atoms. The van der Waals surface area contributed by atoms with Gasteiger partial charge < -0.3 is 14.2 Å². The van der Waals surface area contributed by atoms with Crippen LogP contribution >= 0.6 is 0 Å². The third-order valence-electron chi connectivity index (χ3n) is 10.7. The van der Waals surface area contributed by atoms with Crippen molar-refractivity contribution >= 4 is 17.9 Å². The molecular formula is C50H92O6. The molecule has 0 aromatic carbocycles. The zero-order valence-electron chi connectivity index (χ0n) is 37.4. The minimum absolute atomic E-state index is 0.0704. The number of hydrogen-bond acceptors (Lipinski definition) is 6. The van der Waals surface area contributed by atoms with Crippen LogP contribution in [0, 0.1) is 0 Å². The molecule has 0 saturated carbocycles. The van der Waals surface area contributed by atoms with Gasteiger partial charge in [0.1, 0.15) is 13.2 Å². The molecule has 0 bridgehead atoms. The van der Waals surface area contributed by atoms with Crippen LogP contribution in [0.3, 0.4) is 0 Å². The first kappa shape index (κ1) is 53.9. The number of esters is 3. The van der Waals surface area contributed by atoms with Crippen molar-refractivity contribution in [2.75, 3.05) is 13.2 Å². The summed E-state index contributed by atoms with van der Waals surface area (Å²) in [5.74, 6) is -0.875. The van der Waals surface area contributed by atoms with E-state index in [-0.39, 0.29) is 31.1 Å². The van der Waals surface area contributed by atoms with Crippen molar-refractivity contribution in [3.05, 3.63) is 24.3 Å². The highest BCUT2D eigenvalue weighted by Gasteiger charge is 2.19. The summed E-state index contributed by atoms with van der Waals surface area (Å²) in [6, 6.07) is 0. The predicted molar refractivity (Wildman–Crippen MR) is 238 cm³/mol. The highest BCUT2D eigenvalue weighted by atomic mass is 16.6. The maximum absolute atomic E-state index is 12.7. The molecule has 0 radical (unpaired) electrons. The van der Waals surface area contributed by atoms with E-state index in [0.717, 1.165) is 70.6 Å². The molecular weight excluding hydrogens is 697 g/mol. The molecule has 0 heterocycles. The van der Waals surface area contributed by atoms with E-state index in [9.17, 15) is 14.4 Å². The summed E-state index contributed by atoms with van der Waals surface area (Å²) < 4.78 is 16.7. The average molecular weight is 789 g/mol. The first-order valence-electron chi connectivity index (χ1n) is 24.3. The standard InChI is InChI=1S/C50H92O6/c1-4-7-10-13-16-18-20-22-24-25-26-28-29-31-34-37-40-43-49(52)55-46-47(45-54-48(51)42-39-36-33-15-12-9-6-3)56-50(53)44-41-38-35-32-30-27-23-21-19-17-14-11-8-5-2/h16,18,22,24,47H,4-15,17,19-21,23,25-46H2,1-3H3/b18-16-,24-22-. The summed E-state index contributed by atoms with van der Waals surface area (Å²) in [6.07, 6.45) is 50.2. The summed E-state index contributed by atoms with van der Waals surface area (Å²) in [7, 11) is 0. The normalized spacial score (nSPS) is 12.1.